The molecule has 0 aliphatic heterocycles. The first-order valence-corrected chi connectivity index (χ1v) is 23.0. The van der Waals surface area contributed by atoms with Gasteiger partial charge in [0.15, 0.2) is 11.5 Å². The van der Waals surface area contributed by atoms with Crippen LogP contribution in [0.5, 0.6) is 0 Å². The van der Waals surface area contributed by atoms with Gasteiger partial charge in [-0.2, -0.15) is 11.8 Å². The van der Waals surface area contributed by atoms with Crippen LogP contribution in [-0.2, 0) is 20.4 Å². The van der Waals surface area contributed by atoms with Crippen molar-refractivity contribution in [3.8, 4) is 0 Å². The summed E-state index contributed by atoms with van der Waals surface area (Å²) < 4.78 is 25.0. The Balaban J connectivity index is 1.09. The predicted molar refractivity (Wildman–Crippen MR) is 184 cm³/mol. The van der Waals surface area contributed by atoms with E-state index in [9.17, 15) is 9.46 Å². The molecule has 0 aromatic carbocycles. The van der Waals surface area contributed by atoms with Crippen LogP contribution in [0, 0.1) is 0 Å². The Morgan fingerprint density at radius 2 is 1.65 bits per heavy atom. The number of hydrogen-bond donors (Lipinski definition) is 2. The van der Waals surface area contributed by atoms with Crippen LogP contribution >= 0.6 is 19.4 Å². The van der Waals surface area contributed by atoms with E-state index in [2.05, 4.69) is 28.0 Å². The van der Waals surface area contributed by atoms with Gasteiger partial charge in [0, 0.05) is 5.75 Å². The molecule has 12 heteroatoms. The van der Waals surface area contributed by atoms with E-state index in [1.807, 2.05) is 6.92 Å². The fourth-order valence-electron chi connectivity index (χ4n) is 6.25. The van der Waals surface area contributed by atoms with E-state index in [0.717, 1.165) is 11.3 Å². The van der Waals surface area contributed by atoms with Gasteiger partial charge in [0.1, 0.15) is 18.2 Å². The minimum absolute atomic E-state index is 0.249. The molecule has 1 aliphatic rings. The highest BCUT2D eigenvalue weighted by Gasteiger charge is 2.31. The van der Waals surface area contributed by atoms with E-state index in [1.54, 1.807) is 28.7 Å². The van der Waals surface area contributed by atoms with Gasteiger partial charge in [-0.05, 0) is 24.6 Å². The molecule has 1 unspecified atom stereocenters. The molecule has 3 rings (SSSR count). The SMILES string of the molecule is C[C@H](Cn1cnc2c(N)ncnc21)OCP(=O)(O)OCCSCCCCCCCCCCCC[Si](C)(C)C1CCCCC1. The van der Waals surface area contributed by atoms with Crippen LogP contribution < -0.4 is 5.73 Å². The van der Waals surface area contributed by atoms with Crippen LogP contribution in [0.3, 0.4) is 0 Å². The quantitative estimate of drug-likeness (QED) is 0.0687. The lowest BCUT2D eigenvalue weighted by Crippen LogP contribution is -2.33. The predicted octanol–water partition coefficient (Wildman–Crippen LogP) is 8.65. The van der Waals surface area contributed by atoms with Crippen molar-refractivity contribution in [1.82, 2.24) is 19.5 Å². The standard InChI is InChI=1S/C31H58N5O4PSSi/c1-27(23-36-25-35-29-30(32)33-24-34-31(29)36)39-26-41(37,38)40-19-21-42-20-15-10-8-6-4-5-7-9-11-16-22-43(2,3)28-17-13-12-14-18-28/h24-25,27-28H,4-23,26H2,1-3H3,(H,37,38)(H2,32,33,34)/t27-/m1/s1. The third-order valence-corrected chi connectivity index (χ3v) is 15.5. The summed E-state index contributed by atoms with van der Waals surface area (Å²) in [6.07, 6.45) is 23.5. The number of unbranched alkanes of at least 4 members (excludes halogenated alkanes) is 9. The topological polar surface area (TPSA) is 125 Å². The lowest BCUT2D eigenvalue weighted by Gasteiger charge is -2.35. The number of thioether (sulfide) groups is 1. The molecule has 246 valence electrons. The number of ether oxygens (including phenoxy) is 1. The Bertz CT molecular complexity index is 1100. The smallest absolute Gasteiger partial charge is 0.353 e. The van der Waals surface area contributed by atoms with Crippen LogP contribution in [0.2, 0.25) is 24.7 Å². The summed E-state index contributed by atoms with van der Waals surface area (Å²) in [6, 6.07) is 1.55. The molecule has 0 bridgehead atoms. The second-order valence-corrected chi connectivity index (χ2v) is 21.4. The molecule has 0 radical (unpaired) electrons. The average molecular weight is 656 g/mol. The molecule has 2 aromatic rings. The number of nitrogens with zero attached hydrogens (tertiary/aromatic N) is 4. The van der Waals surface area contributed by atoms with Crippen LogP contribution in [0.25, 0.3) is 11.2 Å². The second-order valence-electron chi connectivity index (χ2n) is 13.1. The highest BCUT2D eigenvalue weighted by molar-refractivity contribution is 7.99. The molecule has 1 saturated carbocycles. The first-order chi connectivity index (χ1) is 20.7. The highest BCUT2D eigenvalue weighted by atomic mass is 32.2. The lowest BCUT2D eigenvalue weighted by molar-refractivity contribution is 0.0724. The minimum Gasteiger partial charge on any atom is -0.382 e. The van der Waals surface area contributed by atoms with Gasteiger partial charge in [0.25, 0.3) is 0 Å². The van der Waals surface area contributed by atoms with Gasteiger partial charge in [0.2, 0.25) is 0 Å². The third-order valence-electron chi connectivity index (χ3n) is 9.00. The van der Waals surface area contributed by atoms with Crippen molar-refractivity contribution in [1.29, 1.82) is 0 Å². The van der Waals surface area contributed by atoms with E-state index in [4.69, 9.17) is 15.0 Å². The number of imidazole rings is 1. The molecule has 3 N–H and O–H groups in total. The minimum atomic E-state index is -3.80. The van der Waals surface area contributed by atoms with Crippen LogP contribution in [-0.4, -0.2) is 63.1 Å². The maximum absolute atomic E-state index is 12.4. The van der Waals surface area contributed by atoms with Gasteiger partial charge in [-0.25, -0.2) is 15.0 Å². The van der Waals surface area contributed by atoms with Crippen LogP contribution in [0.4, 0.5) is 5.82 Å². The van der Waals surface area contributed by atoms with E-state index < -0.39 is 15.7 Å². The van der Waals surface area contributed by atoms with Gasteiger partial charge in [-0.1, -0.05) is 109 Å². The maximum atomic E-state index is 12.4. The summed E-state index contributed by atoms with van der Waals surface area (Å²) in [5.41, 5.74) is 8.06. The summed E-state index contributed by atoms with van der Waals surface area (Å²) >= 11 is 1.79. The molecular formula is C31H58N5O4PSSi. The van der Waals surface area contributed by atoms with E-state index >= 15 is 0 Å². The molecule has 2 heterocycles. The van der Waals surface area contributed by atoms with Crippen molar-refractivity contribution in [2.24, 2.45) is 0 Å². The Morgan fingerprint density at radius 1 is 1.00 bits per heavy atom. The molecule has 1 fully saturated rings. The zero-order valence-corrected chi connectivity index (χ0v) is 29.8. The number of anilines is 1. The monoisotopic (exact) mass is 655 g/mol. The van der Waals surface area contributed by atoms with Crippen LogP contribution in [0.1, 0.15) is 103 Å². The molecular weight excluding hydrogens is 597 g/mol. The molecule has 0 amide bonds. The van der Waals surface area contributed by atoms with Crippen molar-refractivity contribution in [2.75, 3.05) is 30.2 Å². The number of nitrogen functional groups attached to an aromatic ring is 1. The summed E-state index contributed by atoms with van der Waals surface area (Å²) in [5.74, 6) is 2.10. The normalized spacial score (nSPS) is 16.9. The number of hydrogen-bond acceptors (Lipinski definition) is 8. The van der Waals surface area contributed by atoms with Gasteiger partial charge in [0.05, 0.1) is 33.7 Å². The Kier molecular flexibility index (Phi) is 16.6. The van der Waals surface area contributed by atoms with Gasteiger partial charge < -0.3 is 24.5 Å². The molecule has 2 aromatic heterocycles. The first-order valence-electron chi connectivity index (χ1n) is 16.7. The third kappa shape index (κ3) is 13.9. The average Bonchev–Trinajstić information content (AvgIpc) is 3.40. The number of aromatic nitrogens is 4. The van der Waals surface area contributed by atoms with Gasteiger partial charge in [-0.15, -0.1) is 0 Å². The fraction of sp³-hybridized carbons (Fsp3) is 0.839. The largest absolute Gasteiger partial charge is 0.382 e. The van der Waals surface area contributed by atoms with Crippen molar-refractivity contribution in [3.05, 3.63) is 12.7 Å². The molecule has 0 spiro atoms. The molecule has 43 heavy (non-hydrogen) atoms. The first kappa shape index (κ1) is 36.5. The lowest BCUT2D eigenvalue weighted by atomic mass is 10.0. The van der Waals surface area contributed by atoms with Crippen molar-refractivity contribution in [2.45, 2.75) is 141 Å². The zero-order chi connectivity index (χ0) is 31.0. The summed E-state index contributed by atoms with van der Waals surface area (Å²) in [4.78, 5) is 22.5. The fourth-order valence-corrected chi connectivity index (χ4v) is 11.6. The highest BCUT2D eigenvalue weighted by Crippen LogP contribution is 2.42. The van der Waals surface area contributed by atoms with E-state index in [1.165, 1.54) is 103 Å². The molecule has 0 saturated heterocycles. The Labute approximate surface area is 265 Å². The Morgan fingerprint density at radius 3 is 2.35 bits per heavy atom. The molecule has 2 atom stereocenters. The Hall–Kier alpha value is -0.973. The van der Waals surface area contributed by atoms with E-state index in [-0.39, 0.29) is 19.1 Å². The number of fused-ring (bicyclic) bond motifs is 1. The van der Waals surface area contributed by atoms with Crippen molar-refractivity contribution < 1.29 is 18.7 Å². The zero-order valence-electron chi connectivity index (χ0n) is 27.1. The van der Waals surface area contributed by atoms with Crippen molar-refractivity contribution in [3.63, 3.8) is 0 Å². The summed E-state index contributed by atoms with van der Waals surface area (Å²) in [5, 5.41) is 0. The summed E-state index contributed by atoms with van der Waals surface area (Å²) in [6.45, 7) is 7.81. The second kappa shape index (κ2) is 19.5. The summed E-state index contributed by atoms with van der Waals surface area (Å²) in [7, 11) is -4.78. The van der Waals surface area contributed by atoms with Crippen LogP contribution in [0.15, 0.2) is 12.7 Å². The molecule has 9 nitrogen and oxygen atoms in total. The van der Waals surface area contributed by atoms with Gasteiger partial charge >= 0.3 is 7.60 Å². The number of nitrogens with two attached hydrogens (primary N) is 1. The number of rotatable bonds is 23. The molecule has 1 aliphatic carbocycles. The maximum Gasteiger partial charge on any atom is 0.353 e. The van der Waals surface area contributed by atoms with Crippen molar-refractivity contribution >= 4 is 44.4 Å². The van der Waals surface area contributed by atoms with E-state index in [0.29, 0.717) is 29.3 Å². The van der Waals surface area contributed by atoms with Gasteiger partial charge in [-0.3, -0.25) is 4.57 Å².